The summed E-state index contributed by atoms with van der Waals surface area (Å²) in [5, 5.41) is 5.88. The molecule has 1 saturated carbocycles. The Hall–Kier alpha value is -3.95. The lowest BCUT2D eigenvalue weighted by Crippen LogP contribution is -2.30. The Kier molecular flexibility index (Phi) is 5.40. The SMILES string of the molecule is O=C(Nc1cccnc1C(=O)N1CCCC1)c1nc(C2CC2)cnc1Nc1cncnc1. The lowest BCUT2D eigenvalue weighted by Gasteiger charge is -2.17. The second-order valence-corrected chi connectivity index (χ2v) is 7.87. The van der Waals surface area contributed by atoms with E-state index in [2.05, 4.69) is 35.6 Å². The van der Waals surface area contributed by atoms with Crippen molar-refractivity contribution in [1.29, 1.82) is 0 Å². The quantitative estimate of drug-likeness (QED) is 0.611. The van der Waals surface area contributed by atoms with Crippen LogP contribution in [0.1, 0.15) is 58.3 Å². The number of rotatable bonds is 6. The first-order chi connectivity index (χ1) is 15.7. The minimum atomic E-state index is -0.470. The number of carbonyl (C=O) groups is 2. The third-order valence-corrected chi connectivity index (χ3v) is 5.48. The zero-order valence-corrected chi connectivity index (χ0v) is 17.4. The molecule has 32 heavy (non-hydrogen) atoms. The number of amides is 2. The van der Waals surface area contributed by atoms with Crippen LogP contribution in [-0.2, 0) is 0 Å². The minimum Gasteiger partial charge on any atom is -0.337 e. The van der Waals surface area contributed by atoms with Gasteiger partial charge in [-0.3, -0.25) is 9.59 Å². The van der Waals surface area contributed by atoms with Crippen molar-refractivity contribution in [3.8, 4) is 0 Å². The van der Waals surface area contributed by atoms with E-state index >= 15 is 0 Å². The van der Waals surface area contributed by atoms with Crippen LogP contribution in [-0.4, -0.2) is 54.7 Å². The number of aromatic nitrogens is 5. The lowest BCUT2D eigenvalue weighted by atomic mass is 10.2. The first-order valence-electron chi connectivity index (χ1n) is 10.6. The molecule has 10 heteroatoms. The molecule has 5 rings (SSSR count). The molecule has 1 saturated heterocycles. The number of hydrogen-bond donors (Lipinski definition) is 2. The van der Waals surface area contributed by atoms with Crippen LogP contribution in [0.15, 0.2) is 43.2 Å². The van der Waals surface area contributed by atoms with E-state index < -0.39 is 5.91 Å². The van der Waals surface area contributed by atoms with E-state index in [0.29, 0.717) is 30.4 Å². The van der Waals surface area contributed by atoms with Crippen LogP contribution < -0.4 is 10.6 Å². The molecule has 0 atom stereocenters. The Morgan fingerprint density at radius 3 is 2.53 bits per heavy atom. The van der Waals surface area contributed by atoms with Gasteiger partial charge in [0.15, 0.2) is 17.2 Å². The van der Waals surface area contributed by atoms with Crippen LogP contribution in [0.5, 0.6) is 0 Å². The highest BCUT2D eigenvalue weighted by Crippen LogP contribution is 2.39. The Bertz CT molecular complexity index is 1140. The monoisotopic (exact) mass is 430 g/mol. The van der Waals surface area contributed by atoms with E-state index in [1.165, 1.54) is 6.33 Å². The summed E-state index contributed by atoms with van der Waals surface area (Å²) in [5.41, 5.74) is 2.08. The highest BCUT2D eigenvalue weighted by Gasteiger charge is 2.29. The van der Waals surface area contributed by atoms with Crippen LogP contribution in [0.25, 0.3) is 0 Å². The summed E-state index contributed by atoms with van der Waals surface area (Å²) in [6.45, 7) is 1.40. The molecule has 2 fully saturated rings. The van der Waals surface area contributed by atoms with Crippen molar-refractivity contribution in [2.24, 2.45) is 0 Å². The van der Waals surface area contributed by atoms with Crippen LogP contribution in [0, 0.1) is 0 Å². The van der Waals surface area contributed by atoms with Gasteiger partial charge in [-0.2, -0.15) is 0 Å². The van der Waals surface area contributed by atoms with Crippen molar-refractivity contribution in [1.82, 2.24) is 29.8 Å². The van der Waals surface area contributed by atoms with E-state index in [0.717, 1.165) is 31.4 Å². The molecule has 162 valence electrons. The fourth-order valence-corrected chi connectivity index (χ4v) is 3.66. The molecule has 0 radical (unpaired) electrons. The highest BCUT2D eigenvalue weighted by atomic mass is 16.2. The molecular formula is C22H22N8O2. The van der Waals surface area contributed by atoms with Gasteiger partial charge in [0, 0.05) is 25.2 Å². The van der Waals surface area contributed by atoms with Crippen LogP contribution >= 0.6 is 0 Å². The van der Waals surface area contributed by atoms with Gasteiger partial charge in [-0.05, 0) is 37.8 Å². The Morgan fingerprint density at radius 1 is 1.00 bits per heavy atom. The normalized spacial score (nSPS) is 15.4. The molecule has 0 spiro atoms. The molecule has 0 bridgehead atoms. The third-order valence-electron chi connectivity index (χ3n) is 5.48. The molecule has 10 nitrogen and oxygen atoms in total. The van der Waals surface area contributed by atoms with E-state index in [1.54, 1.807) is 41.8 Å². The smallest absolute Gasteiger partial charge is 0.278 e. The summed E-state index contributed by atoms with van der Waals surface area (Å²) in [6, 6.07) is 3.35. The Balaban J connectivity index is 1.44. The molecule has 4 heterocycles. The van der Waals surface area contributed by atoms with Gasteiger partial charge < -0.3 is 15.5 Å². The largest absolute Gasteiger partial charge is 0.337 e. The number of nitrogens with zero attached hydrogens (tertiary/aromatic N) is 6. The molecule has 2 aliphatic rings. The van der Waals surface area contributed by atoms with Gasteiger partial charge in [0.05, 0.1) is 35.7 Å². The number of likely N-dealkylation sites (tertiary alicyclic amines) is 1. The van der Waals surface area contributed by atoms with Crippen molar-refractivity contribution in [3.63, 3.8) is 0 Å². The van der Waals surface area contributed by atoms with Gasteiger partial charge in [0.1, 0.15) is 6.33 Å². The van der Waals surface area contributed by atoms with E-state index in [1.807, 2.05) is 0 Å². The first kappa shape index (κ1) is 20.0. The summed E-state index contributed by atoms with van der Waals surface area (Å²) >= 11 is 0. The summed E-state index contributed by atoms with van der Waals surface area (Å²) in [5.74, 6) is -0.0364. The minimum absolute atomic E-state index is 0.140. The van der Waals surface area contributed by atoms with Crippen LogP contribution in [0.4, 0.5) is 17.2 Å². The Morgan fingerprint density at radius 2 is 1.78 bits per heavy atom. The molecule has 3 aromatic heterocycles. The average molecular weight is 430 g/mol. The Labute approximate surface area is 184 Å². The van der Waals surface area contributed by atoms with Gasteiger partial charge in [-0.25, -0.2) is 24.9 Å². The van der Waals surface area contributed by atoms with Crippen molar-refractivity contribution in [2.75, 3.05) is 23.7 Å². The molecule has 2 amide bonds. The van der Waals surface area contributed by atoms with Crippen molar-refractivity contribution >= 4 is 29.0 Å². The van der Waals surface area contributed by atoms with Gasteiger partial charge in [0.2, 0.25) is 0 Å². The molecule has 1 aliphatic heterocycles. The molecule has 2 N–H and O–H groups in total. The van der Waals surface area contributed by atoms with Gasteiger partial charge >= 0.3 is 0 Å². The standard InChI is InChI=1S/C22H22N8O2/c31-21(29-16-4-3-7-25-18(16)22(32)30-8-1-2-9-30)19-20(27-15-10-23-13-24-11-15)26-12-17(28-19)14-5-6-14/h3-4,7,10-14H,1-2,5-6,8-9H2,(H,26,27)(H,29,31). The zero-order valence-electron chi connectivity index (χ0n) is 17.4. The zero-order chi connectivity index (χ0) is 21.9. The third kappa shape index (κ3) is 4.25. The first-order valence-corrected chi connectivity index (χ1v) is 10.6. The molecular weight excluding hydrogens is 408 g/mol. The number of carbonyl (C=O) groups excluding carboxylic acids is 2. The highest BCUT2D eigenvalue weighted by molar-refractivity contribution is 6.09. The number of hydrogen-bond acceptors (Lipinski definition) is 8. The number of nitrogens with one attached hydrogen (secondary N) is 2. The van der Waals surface area contributed by atoms with Gasteiger partial charge in [-0.15, -0.1) is 0 Å². The number of anilines is 3. The number of pyridine rings is 1. The maximum absolute atomic E-state index is 13.3. The van der Waals surface area contributed by atoms with Crippen LogP contribution in [0.2, 0.25) is 0 Å². The van der Waals surface area contributed by atoms with Crippen LogP contribution in [0.3, 0.4) is 0 Å². The average Bonchev–Trinajstić information content (AvgIpc) is 3.53. The van der Waals surface area contributed by atoms with E-state index in [9.17, 15) is 9.59 Å². The summed E-state index contributed by atoms with van der Waals surface area (Å²) < 4.78 is 0. The van der Waals surface area contributed by atoms with Gasteiger partial charge in [-0.1, -0.05) is 0 Å². The molecule has 3 aromatic rings. The summed E-state index contributed by atoms with van der Waals surface area (Å²) in [4.78, 5) is 49.2. The maximum atomic E-state index is 13.3. The fourth-order valence-electron chi connectivity index (χ4n) is 3.66. The molecule has 0 unspecified atom stereocenters. The van der Waals surface area contributed by atoms with Crippen molar-refractivity contribution in [3.05, 3.63) is 60.3 Å². The predicted octanol–water partition coefficient (Wildman–Crippen LogP) is 2.77. The summed E-state index contributed by atoms with van der Waals surface area (Å²) in [6.07, 6.45) is 11.8. The molecule has 1 aliphatic carbocycles. The summed E-state index contributed by atoms with van der Waals surface area (Å²) in [7, 11) is 0. The van der Waals surface area contributed by atoms with Gasteiger partial charge in [0.25, 0.3) is 11.8 Å². The van der Waals surface area contributed by atoms with E-state index in [4.69, 9.17) is 0 Å². The maximum Gasteiger partial charge on any atom is 0.278 e. The fraction of sp³-hybridized carbons (Fsp3) is 0.318. The second kappa shape index (κ2) is 8.66. The lowest BCUT2D eigenvalue weighted by molar-refractivity contribution is 0.0788. The van der Waals surface area contributed by atoms with E-state index in [-0.39, 0.29) is 23.1 Å². The van der Waals surface area contributed by atoms with Crippen molar-refractivity contribution < 1.29 is 9.59 Å². The van der Waals surface area contributed by atoms with Crippen molar-refractivity contribution in [2.45, 2.75) is 31.6 Å². The second-order valence-electron chi connectivity index (χ2n) is 7.87. The predicted molar refractivity (Wildman–Crippen MR) is 117 cm³/mol. The topological polar surface area (TPSA) is 126 Å². The molecule has 0 aromatic carbocycles.